The lowest BCUT2D eigenvalue weighted by molar-refractivity contribution is -0.384. The number of aromatic carboxylic acids is 1. The highest BCUT2D eigenvalue weighted by Crippen LogP contribution is 2.27. The maximum atomic E-state index is 11.0. The number of carbonyl (C=O) groups is 1. The van der Waals surface area contributed by atoms with Gasteiger partial charge in [0.05, 0.1) is 17.4 Å². The smallest absolute Gasteiger partial charge is 0.354 e. The van der Waals surface area contributed by atoms with Crippen molar-refractivity contribution in [2.45, 2.75) is 26.3 Å². The molecule has 20 heavy (non-hydrogen) atoms. The van der Waals surface area contributed by atoms with Gasteiger partial charge in [-0.1, -0.05) is 0 Å². The van der Waals surface area contributed by atoms with Crippen LogP contribution in [0.15, 0.2) is 12.1 Å². The lowest BCUT2D eigenvalue weighted by Gasteiger charge is -2.26. The van der Waals surface area contributed by atoms with Crippen molar-refractivity contribution in [1.82, 2.24) is 4.98 Å². The van der Waals surface area contributed by atoms with E-state index in [1.807, 2.05) is 6.07 Å². The molecule has 1 aromatic rings. The van der Waals surface area contributed by atoms with E-state index in [2.05, 4.69) is 4.98 Å². The predicted octanol–water partition coefficient (Wildman–Crippen LogP) is 1.82. The van der Waals surface area contributed by atoms with Gasteiger partial charge in [-0.25, -0.2) is 9.78 Å². The molecule has 1 heterocycles. The average molecular weight is 278 g/mol. The van der Waals surface area contributed by atoms with Gasteiger partial charge in [0, 0.05) is 18.7 Å². The molecule has 0 spiro atoms. The highest BCUT2D eigenvalue weighted by Gasteiger charge is 2.24. The van der Waals surface area contributed by atoms with E-state index in [1.54, 1.807) is 18.7 Å². The third-order valence-electron chi connectivity index (χ3n) is 2.63. The van der Waals surface area contributed by atoms with Crippen LogP contribution in [0, 0.1) is 21.4 Å². The number of pyridine rings is 1. The highest BCUT2D eigenvalue weighted by molar-refractivity contribution is 5.86. The summed E-state index contributed by atoms with van der Waals surface area (Å²) >= 11 is 0. The second-order valence-corrected chi connectivity index (χ2v) is 4.30. The second kappa shape index (κ2) is 6.47. The third-order valence-corrected chi connectivity index (χ3v) is 2.63. The molecule has 8 heteroatoms. The molecule has 1 rings (SSSR count). The number of carboxylic acids is 1. The van der Waals surface area contributed by atoms with Crippen LogP contribution in [0.3, 0.4) is 0 Å². The molecule has 0 radical (unpaired) electrons. The highest BCUT2D eigenvalue weighted by atomic mass is 16.6. The standard InChI is InChI=1S/C12H14N4O4/c1-8(2)15(7-3-6-13)11-10(16(19)20)5-4-9(14-11)12(17)18/h4-5,8H,3,7H2,1-2H3,(H,17,18). The van der Waals surface area contributed by atoms with Crippen LogP contribution in [0.1, 0.15) is 30.8 Å². The molecule has 0 aliphatic rings. The summed E-state index contributed by atoms with van der Waals surface area (Å²) in [6.45, 7) is 3.82. The Kier molecular flexibility index (Phi) is 4.97. The van der Waals surface area contributed by atoms with Crippen molar-refractivity contribution < 1.29 is 14.8 Å². The molecule has 106 valence electrons. The average Bonchev–Trinajstić information content (AvgIpc) is 2.38. The van der Waals surface area contributed by atoms with E-state index in [0.717, 1.165) is 12.1 Å². The van der Waals surface area contributed by atoms with Crippen LogP contribution in [0.4, 0.5) is 11.5 Å². The lowest BCUT2D eigenvalue weighted by Crippen LogP contribution is -2.33. The van der Waals surface area contributed by atoms with Crippen LogP contribution in [0.5, 0.6) is 0 Å². The van der Waals surface area contributed by atoms with Gasteiger partial charge < -0.3 is 10.0 Å². The van der Waals surface area contributed by atoms with Crippen molar-refractivity contribution in [2.75, 3.05) is 11.4 Å². The molecule has 1 N–H and O–H groups in total. The number of nitriles is 1. The number of nitrogens with zero attached hydrogens (tertiary/aromatic N) is 4. The second-order valence-electron chi connectivity index (χ2n) is 4.30. The fraction of sp³-hybridized carbons (Fsp3) is 0.417. The van der Waals surface area contributed by atoms with E-state index in [9.17, 15) is 14.9 Å². The summed E-state index contributed by atoms with van der Waals surface area (Å²) < 4.78 is 0. The first-order valence-electron chi connectivity index (χ1n) is 5.90. The number of nitro groups is 1. The summed E-state index contributed by atoms with van der Waals surface area (Å²) in [4.78, 5) is 26.7. The summed E-state index contributed by atoms with van der Waals surface area (Å²) in [5.74, 6) is -1.29. The molecule has 0 saturated carbocycles. The maximum absolute atomic E-state index is 11.0. The van der Waals surface area contributed by atoms with Gasteiger partial charge in [-0.2, -0.15) is 5.26 Å². The molecule has 1 aromatic heterocycles. The Labute approximate surface area is 115 Å². The summed E-state index contributed by atoms with van der Waals surface area (Å²) in [5.41, 5.74) is -0.546. The summed E-state index contributed by atoms with van der Waals surface area (Å²) in [5, 5.41) is 28.6. The van der Waals surface area contributed by atoms with Gasteiger partial charge in [-0.3, -0.25) is 10.1 Å². The molecular formula is C12H14N4O4. The zero-order valence-electron chi connectivity index (χ0n) is 11.1. The third kappa shape index (κ3) is 3.41. The van der Waals surface area contributed by atoms with Crippen LogP contribution >= 0.6 is 0 Å². The molecule has 0 amide bonds. The van der Waals surface area contributed by atoms with Crippen molar-refractivity contribution in [3.05, 3.63) is 27.9 Å². The largest absolute Gasteiger partial charge is 0.477 e. The predicted molar refractivity (Wildman–Crippen MR) is 70.6 cm³/mol. The number of anilines is 1. The van der Waals surface area contributed by atoms with Gasteiger partial charge >= 0.3 is 11.7 Å². The first-order valence-corrected chi connectivity index (χ1v) is 5.90. The van der Waals surface area contributed by atoms with Crippen molar-refractivity contribution >= 4 is 17.5 Å². The minimum Gasteiger partial charge on any atom is -0.477 e. The van der Waals surface area contributed by atoms with Crippen molar-refractivity contribution in [3.8, 4) is 6.07 Å². The normalized spacial score (nSPS) is 10.1. The van der Waals surface area contributed by atoms with Gasteiger partial charge in [0.1, 0.15) is 0 Å². The quantitative estimate of drug-likeness (QED) is 0.622. The fourth-order valence-electron chi connectivity index (χ4n) is 1.69. The Bertz CT molecular complexity index is 565. The number of rotatable bonds is 6. The van der Waals surface area contributed by atoms with E-state index in [4.69, 9.17) is 10.4 Å². The lowest BCUT2D eigenvalue weighted by atomic mass is 10.2. The summed E-state index contributed by atoms with van der Waals surface area (Å²) in [6, 6.07) is 4.01. The molecule has 0 fully saturated rings. The Balaban J connectivity index is 3.35. The van der Waals surface area contributed by atoms with E-state index in [-0.39, 0.29) is 36.2 Å². The number of aromatic nitrogens is 1. The van der Waals surface area contributed by atoms with E-state index < -0.39 is 10.9 Å². The molecule has 0 saturated heterocycles. The number of carboxylic acid groups (broad SMARTS) is 1. The zero-order valence-corrected chi connectivity index (χ0v) is 11.1. The molecule has 0 aromatic carbocycles. The van der Waals surface area contributed by atoms with Crippen LogP contribution in [0.2, 0.25) is 0 Å². The zero-order chi connectivity index (χ0) is 15.3. The number of hydrogen-bond donors (Lipinski definition) is 1. The SMILES string of the molecule is CC(C)N(CCC#N)c1nc(C(=O)O)ccc1[N+](=O)[O-]. The molecule has 0 aliphatic heterocycles. The molecule has 0 unspecified atom stereocenters. The topological polar surface area (TPSA) is 120 Å². The van der Waals surface area contributed by atoms with E-state index in [0.29, 0.717) is 0 Å². The maximum Gasteiger partial charge on any atom is 0.354 e. The van der Waals surface area contributed by atoms with Crippen molar-refractivity contribution in [3.63, 3.8) is 0 Å². The van der Waals surface area contributed by atoms with Gasteiger partial charge in [-0.05, 0) is 19.9 Å². The van der Waals surface area contributed by atoms with E-state index >= 15 is 0 Å². The molecule has 0 bridgehead atoms. The molecule has 8 nitrogen and oxygen atoms in total. The van der Waals surface area contributed by atoms with Crippen LogP contribution in [0.25, 0.3) is 0 Å². The van der Waals surface area contributed by atoms with Gasteiger partial charge in [0.25, 0.3) is 0 Å². The Morgan fingerprint density at radius 1 is 1.60 bits per heavy atom. The van der Waals surface area contributed by atoms with Crippen LogP contribution in [-0.4, -0.2) is 33.6 Å². The summed E-state index contributed by atoms with van der Waals surface area (Å²) in [6.07, 6.45) is 0.161. The Morgan fingerprint density at radius 2 is 2.25 bits per heavy atom. The molecule has 0 aliphatic carbocycles. The fourth-order valence-corrected chi connectivity index (χ4v) is 1.69. The summed E-state index contributed by atoms with van der Waals surface area (Å²) in [7, 11) is 0. The Hall–Kier alpha value is -2.69. The molecule has 0 atom stereocenters. The number of hydrogen-bond acceptors (Lipinski definition) is 6. The minimum absolute atomic E-state index is 0.0276. The van der Waals surface area contributed by atoms with E-state index in [1.165, 1.54) is 0 Å². The van der Waals surface area contributed by atoms with Gasteiger partial charge in [0.15, 0.2) is 5.69 Å². The van der Waals surface area contributed by atoms with Crippen molar-refractivity contribution in [2.24, 2.45) is 0 Å². The minimum atomic E-state index is -1.26. The van der Waals surface area contributed by atoms with Crippen LogP contribution in [-0.2, 0) is 0 Å². The van der Waals surface area contributed by atoms with Crippen molar-refractivity contribution in [1.29, 1.82) is 5.26 Å². The van der Waals surface area contributed by atoms with Gasteiger partial charge in [0.2, 0.25) is 5.82 Å². The molecular weight excluding hydrogens is 264 g/mol. The van der Waals surface area contributed by atoms with Gasteiger partial charge in [-0.15, -0.1) is 0 Å². The first-order chi connectivity index (χ1) is 9.38. The van der Waals surface area contributed by atoms with Crippen LogP contribution < -0.4 is 4.90 Å². The Morgan fingerprint density at radius 3 is 2.70 bits per heavy atom. The first kappa shape index (κ1) is 15.4. The monoisotopic (exact) mass is 278 g/mol.